The van der Waals surface area contributed by atoms with E-state index in [-0.39, 0.29) is 30.3 Å². The van der Waals surface area contributed by atoms with Gasteiger partial charge < -0.3 is 29.3 Å². The van der Waals surface area contributed by atoms with Gasteiger partial charge >= 0.3 is 0 Å². The number of benzene rings is 1. The molecule has 0 aromatic heterocycles. The van der Waals surface area contributed by atoms with Gasteiger partial charge in [-0.1, -0.05) is 12.8 Å². The van der Waals surface area contributed by atoms with Gasteiger partial charge in [0.15, 0.2) is 5.78 Å². The molecule has 3 atom stereocenters. The molecule has 5 rings (SSSR count). The second-order valence-electron chi connectivity index (χ2n) is 10.5. The Labute approximate surface area is 218 Å². The summed E-state index contributed by atoms with van der Waals surface area (Å²) in [6.07, 6.45) is 2.03. The first kappa shape index (κ1) is 26.1. The Bertz CT molecular complexity index is 987. The van der Waals surface area contributed by atoms with Crippen LogP contribution in [-0.2, 0) is 23.8 Å². The van der Waals surface area contributed by atoms with Crippen molar-refractivity contribution >= 4 is 23.3 Å². The number of Topliss-reactive ketones (excluding diaryl/α,β-unsaturated/α-hetero) is 1. The smallest absolute Gasteiger partial charge is 0.252 e. The highest BCUT2D eigenvalue weighted by Crippen LogP contribution is 2.37. The fraction of sp³-hybridized carbons (Fsp3) is 0.667. The quantitative estimate of drug-likeness (QED) is 0.541. The molecule has 1 N–H and O–H groups in total. The van der Waals surface area contributed by atoms with Crippen LogP contribution in [0.15, 0.2) is 24.3 Å². The number of hydrogen-bond donors (Lipinski definition) is 1. The van der Waals surface area contributed by atoms with Crippen LogP contribution >= 0.6 is 0 Å². The van der Waals surface area contributed by atoms with E-state index in [1.54, 1.807) is 19.1 Å². The van der Waals surface area contributed by atoms with Crippen molar-refractivity contribution in [2.45, 2.75) is 49.5 Å². The zero-order chi connectivity index (χ0) is 26.0. The number of ether oxygens (including phenoxy) is 3. The van der Waals surface area contributed by atoms with Gasteiger partial charge in [0.1, 0.15) is 30.4 Å². The minimum Gasteiger partial charge on any atom is -0.383 e. The summed E-state index contributed by atoms with van der Waals surface area (Å²) < 4.78 is 16.3. The Morgan fingerprint density at radius 3 is 2.43 bits per heavy atom. The fourth-order valence-electron chi connectivity index (χ4n) is 6.24. The molecule has 202 valence electrons. The number of ketones is 1. The van der Waals surface area contributed by atoms with Crippen LogP contribution in [0.4, 0.5) is 5.69 Å². The number of methoxy groups -OCH3 is 2. The predicted molar refractivity (Wildman–Crippen MR) is 137 cm³/mol. The van der Waals surface area contributed by atoms with E-state index in [9.17, 15) is 14.4 Å². The van der Waals surface area contributed by atoms with Gasteiger partial charge in [0, 0.05) is 58.2 Å². The molecule has 1 aliphatic carbocycles. The molecule has 10 nitrogen and oxygen atoms in total. The normalized spacial score (nSPS) is 27.5. The van der Waals surface area contributed by atoms with Crippen LogP contribution in [0.2, 0.25) is 0 Å². The zero-order valence-corrected chi connectivity index (χ0v) is 21.8. The van der Waals surface area contributed by atoms with E-state index in [4.69, 9.17) is 14.2 Å². The van der Waals surface area contributed by atoms with Crippen LogP contribution in [0, 0.1) is 0 Å². The second-order valence-corrected chi connectivity index (χ2v) is 10.5. The third kappa shape index (κ3) is 5.12. The highest BCUT2D eigenvalue weighted by atomic mass is 16.5. The van der Waals surface area contributed by atoms with Crippen molar-refractivity contribution in [2.75, 3.05) is 71.6 Å². The Morgan fingerprint density at radius 2 is 1.78 bits per heavy atom. The summed E-state index contributed by atoms with van der Waals surface area (Å²) in [6, 6.07) is 6.98. The number of fused-ring (bicyclic) bond motifs is 1. The second kappa shape index (κ2) is 11.1. The first-order chi connectivity index (χ1) is 18.0. The van der Waals surface area contributed by atoms with Gasteiger partial charge in [-0.05, 0) is 37.1 Å². The number of rotatable bonds is 8. The number of likely N-dealkylation sites (tertiary alicyclic amines) is 1. The number of piperazine rings is 1. The van der Waals surface area contributed by atoms with Crippen LogP contribution in [0.25, 0.3) is 0 Å². The molecule has 37 heavy (non-hydrogen) atoms. The molecule has 0 bridgehead atoms. The van der Waals surface area contributed by atoms with Gasteiger partial charge in [-0.2, -0.15) is 0 Å². The third-order valence-electron chi connectivity index (χ3n) is 8.40. The van der Waals surface area contributed by atoms with Gasteiger partial charge in [0.25, 0.3) is 5.91 Å². The minimum atomic E-state index is -1.01. The number of hydrogen-bond acceptors (Lipinski definition) is 8. The molecule has 0 unspecified atom stereocenters. The molecule has 1 aromatic rings. The van der Waals surface area contributed by atoms with Crippen molar-refractivity contribution in [3.05, 3.63) is 29.8 Å². The lowest BCUT2D eigenvalue weighted by Crippen LogP contribution is -2.60. The Hall–Kier alpha value is -2.53. The molecule has 4 fully saturated rings. The largest absolute Gasteiger partial charge is 0.383 e. The summed E-state index contributed by atoms with van der Waals surface area (Å²) >= 11 is 0. The highest BCUT2D eigenvalue weighted by Gasteiger charge is 2.56. The van der Waals surface area contributed by atoms with Gasteiger partial charge in [0.05, 0.1) is 13.2 Å². The average molecular weight is 515 g/mol. The summed E-state index contributed by atoms with van der Waals surface area (Å²) in [6.45, 7) is 5.78. The van der Waals surface area contributed by atoms with E-state index < -0.39 is 17.7 Å². The maximum Gasteiger partial charge on any atom is 0.252 e. The van der Waals surface area contributed by atoms with E-state index >= 15 is 0 Å². The van der Waals surface area contributed by atoms with Gasteiger partial charge in [-0.15, -0.1) is 0 Å². The van der Waals surface area contributed by atoms with Crippen LogP contribution < -0.4 is 10.2 Å². The maximum atomic E-state index is 13.9. The number of amides is 2. The van der Waals surface area contributed by atoms with Crippen molar-refractivity contribution < 1.29 is 28.6 Å². The highest BCUT2D eigenvalue weighted by molar-refractivity contribution is 6.01. The molecule has 3 heterocycles. The standard InChI is InChI=1S/C27H38N4O6/c1-35-16-15-29-11-13-30(14-12-29)20-7-5-19(6-8-20)25(33)28-27(9-3-4-10-27)26(34)31-17-22(36-2)24-23(31)21(32)18-37-24/h5-8,22-24H,3-4,9-18H2,1-2H3,(H,28,33)/t22-,23-,24-/m1/s1. The SMILES string of the molecule is COCCN1CCN(c2ccc(C(=O)NC3(C(=O)N4C[C@@H](OC)[C@H]5OCC(=O)[C@H]54)CCCC3)cc2)CC1. The lowest BCUT2D eigenvalue weighted by Gasteiger charge is -2.36. The Kier molecular flexibility index (Phi) is 7.80. The topological polar surface area (TPSA) is 101 Å². The van der Waals surface area contributed by atoms with Gasteiger partial charge in [0.2, 0.25) is 5.91 Å². The Balaban J connectivity index is 1.25. The molecule has 1 saturated carbocycles. The van der Waals surface area contributed by atoms with Gasteiger partial charge in [-0.3, -0.25) is 19.3 Å². The average Bonchev–Trinajstić information content (AvgIpc) is 3.65. The molecule has 2 amide bonds. The summed E-state index contributed by atoms with van der Waals surface area (Å²) in [5.41, 5.74) is 0.601. The molecule has 0 radical (unpaired) electrons. The summed E-state index contributed by atoms with van der Waals surface area (Å²) in [7, 11) is 3.29. The van der Waals surface area contributed by atoms with Crippen molar-refractivity contribution in [3.63, 3.8) is 0 Å². The van der Waals surface area contributed by atoms with Crippen molar-refractivity contribution in [1.29, 1.82) is 0 Å². The van der Waals surface area contributed by atoms with E-state index in [1.807, 2.05) is 24.3 Å². The summed E-state index contributed by atoms with van der Waals surface area (Å²) in [5, 5.41) is 3.08. The van der Waals surface area contributed by atoms with Crippen molar-refractivity contribution in [1.82, 2.24) is 15.1 Å². The minimum absolute atomic E-state index is 0.00706. The molecule has 3 aliphatic heterocycles. The third-order valence-corrected chi connectivity index (χ3v) is 8.40. The van der Waals surface area contributed by atoms with Gasteiger partial charge in [-0.25, -0.2) is 0 Å². The number of carbonyl (C=O) groups is 3. The molecule has 0 spiro atoms. The number of nitrogens with zero attached hydrogens (tertiary/aromatic N) is 3. The number of anilines is 1. The van der Waals surface area contributed by atoms with Crippen LogP contribution in [-0.4, -0.2) is 118 Å². The molecule has 4 aliphatic rings. The lowest BCUT2D eigenvalue weighted by atomic mass is 9.93. The van der Waals surface area contributed by atoms with E-state index in [1.165, 1.54) is 0 Å². The molecule has 1 aromatic carbocycles. The van der Waals surface area contributed by atoms with Crippen molar-refractivity contribution in [3.8, 4) is 0 Å². The van der Waals surface area contributed by atoms with Crippen molar-refractivity contribution in [2.24, 2.45) is 0 Å². The van der Waals surface area contributed by atoms with E-state index in [0.29, 0.717) is 24.9 Å². The summed E-state index contributed by atoms with van der Waals surface area (Å²) in [4.78, 5) is 46.1. The predicted octanol–water partition coefficient (Wildman–Crippen LogP) is 0.691. The molecule has 10 heteroatoms. The van der Waals surface area contributed by atoms with Crippen LogP contribution in [0.3, 0.4) is 0 Å². The molecular formula is C27H38N4O6. The molecular weight excluding hydrogens is 476 g/mol. The Morgan fingerprint density at radius 1 is 1.08 bits per heavy atom. The monoisotopic (exact) mass is 514 g/mol. The lowest BCUT2D eigenvalue weighted by molar-refractivity contribution is -0.142. The van der Waals surface area contributed by atoms with E-state index in [0.717, 1.165) is 57.9 Å². The van der Waals surface area contributed by atoms with Crippen LogP contribution in [0.1, 0.15) is 36.0 Å². The first-order valence-electron chi connectivity index (χ1n) is 13.3. The maximum absolute atomic E-state index is 13.9. The number of carbonyl (C=O) groups excluding carboxylic acids is 3. The fourth-order valence-corrected chi connectivity index (χ4v) is 6.24. The number of nitrogens with one attached hydrogen (secondary N) is 1. The van der Waals surface area contributed by atoms with E-state index in [2.05, 4.69) is 15.1 Å². The van der Waals surface area contributed by atoms with Crippen LogP contribution in [0.5, 0.6) is 0 Å². The molecule has 3 saturated heterocycles. The first-order valence-corrected chi connectivity index (χ1v) is 13.3. The summed E-state index contributed by atoms with van der Waals surface area (Å²) in [5.74, 6) is -0.568. The zero-order valence-electron chi connectivity index (χ0n) is 21.8.